The molecule has 26 heavy (non-hydrogen) atoms. The smallest absolute Gasteiger partial charge is 0.330 e. The number of rotatable bonds is 5. The molecular formula is C19H30N4O3. The number of nitrogens with one attached hydrogen (secondary N) is 1. The quantitative estimate of drug-likeness (QED) is 0.784. The lowest BCUT2D eigenvalue weighted by atomic mass is 9.93. The van der Waals surface area contributed by atoms with Crippen molar-refractivity contribution in [1.82, 2.24) is 19.4 Å². The van der Waals surface area contributed by atoms with Gasteiger partial charge in [-0.1, -0.05) is 6.92 Å². The van der Waals surface area contributed by atoms with Crippen LogP contribution in [-0.2, 0) is 18.9 Å². The summed E-state index contributed by atoms with van der Waals surface area (Å²) in [5.41, 5.74) is -0.631. The first-order valence-electron chi connectivity index (χ1n) is 9.09. The number of carbonyl (C=O) groups excluding carboxylic acids is 1. The van der Waals surface area contributed by atoms with Crippen LogP contribution in [-0.4, -0.2) is 45.1 Å². The van der Waals surface area contributed by atoms with Crippen molar-refractivity contribution in [2.24, 2.45) is 20.0 Å². The summed E-state index contributed by atoms with van der Waals surface area (Å²) in [4.78, 5) is 38.3. The van der Waals surface area contributed by atoms with Gasteiger partial charge in [-0.3, -0.25) is 19.1 Å². The van der Waals surface area contributed by atoms with E-state index in [0.29, 0.717) is 18.0 Å². The Morgan fingerprint density at radius 1 is 1.35 bits per heavy atom. The van der Waals surface area contributed by atoms with Gasteiger partial charge < -0.3 is 9.88 Å². The molecule has 2 heterocycles. The average molecular weight is 362 g/mol. The molecule has 7 nitrogen and oxygen atoms in total. The maximum atomic E-state index is 12.2. The van der Waals surface area contributed by atoms with Crippen LogP contribution in [0.15, 0.2) is 21.9 Å². The lowest BCUT2D eigenvalue weighted by Gasteiger charge is -2.43. The Labute approximate surface area is 154 Å². The van der Waals surface area contributed by atoms with Crippen LogP contribution >= 0.6 is 0 Å². The predicted octanol–water partition coefficient (Wildman–Crippen LogP) is 0.724. The van der Waals surface area contributed by atoms with Gasteiger partial charge in [-0.25, -0.2) is 4.79 Å². The van der Waals surface area contributed by atoms with Crippen LogP contribution in [0.25, 0.3) is 6.08 Å². The molecule has 7 heteroatoms. The van der Waals surface area contributed by atoms with Crippen LogP contribution in [0.5, 0.6) is 0 Å². The van der Waals surface area contributed by atoms with Crippen molar-refractivity contribution < 1.29 is 4.79 Å². The number of carbonyl (C=O) groups is 1. The number of amides is 1. The molecule has 1 amide bonds. The summed E-state index contributed by atoms with van der Waals surface area (Å²) in [5, 5.41) is 2.92. The third-order valence-corrected chi connectivity index (χ3v) is 5.10. The van der Waals surface area contributed by atoms with E-state index < -0.39 is 11.2 Å². The largest absolute Gasteiger partial charge is 0.351 e. The number of hydrogen-bond donors (Lipinski definition) is 1. The zero-order chi connectivity index (χ0) is 19.5. The van der Waals surface area contributed by atoms with Gasteiger partial charge in [0.2, 0.25) is 5.91 Å². The van der Waals surface area contributed by atoms with E-state index in [1.807, 2.05) is 0 Å². The van der Waals surface area contributed by atoms with Crippen molar-refractivity contribution in [3.05, 3.63) is 38.7 Å². The molecular weight excluding hydrogens is 332 g/mol. The van der Waals surface area contributed by atoms with Crippen LogP contribution in [0.3, 0.4) is 0 Å². The van der Waals surface area contributed by atoms with Gasteiger partial charge >= 0.3 is 5.69 Å². The second-order valence-corrected chi connectivity index (χ2v) is 7.90. The molecule has 1 N–H and O–H groups in total. The highest BCUT2D eigenvalue weighted by Crippen LogP contribution is 2.23. The predicted molar refractivity (Wildman–Crippen MR) is 103 cm³/mol. The zero-order valence-electron chi connectivity index (χ0n) is 16.4. The molecule has 0 radical (unpaired) electrons. The molecule has 1 aromatic heterocycles. The molecule has 0 aliphatic carbocycles. The number of hydrogen-bond acceptors (Lipinski definition) is 4. The second kappa shape index (κ2) is 8.03. The van der Waals surface area contributed by atoms with Gasteiger partial charge in [0.1, 0.15) is 0 Å². The van der Waals surface area contributed by atoms with E-state index in [1.54, 1.807) is 7.05 Å². The Morgan fingerprint density at radius 3 is 2.69 bits per heavy atom. The molecule has 1 atom stereocenters. The first-order chi connectivity index (χ1) is 12.1. The highest BCUT2D eigenvalue weighted by atomic mass is 16.2. The Kier molecular flexibility index (Phi) is 6.23. The van der Waals surface area contributed by atoms with Crippen molar-refractivity contribution in [1.29, 1.82) is 0 Å². The number of aryl methyl sites for hydroxylation is 1. The molecule has 1 saturated heterocycles. The summed E-state index contributed by atoms with van der Waals surface area (Å²) in [5.74, 6) is 0.429. The van der Waals surface area contributed by atoms with Gasteiger partial charge in [0.15, 0.2) is 0 Å². The molecule has 2 rings (SSSR count). The van der Waals surface area contributed by atoms with Crippen molar-refractivity contribution in [3.8, 4) is 0 Å². The van der Waals surface area contributed by atoms with E-state index in [9.17, 15) is 14.4 Å². The van der Waals surface area contributed by atoms with Gasteiger partial charge in [-0.2, -0.15) is 0 Å². The van der Waals surface area contributed by atoms with E-state index in [4.69, 9.17) is 0 Å². The maximum absolute atomic E-state index is 12.2. The number of nitrogens with zero attached hydrogens (tertiary/aromatic N) is 3. The number of piperidine rings is 1. The van der Waals surface area contributed by atoms with Crippen LogP contribution in [0.4, 0.5) is 0 Å². The van der Waals surface area contributed by atoms with Gasteiger partial charge in [0.05, 0.1) is 5.56 Å². The van der Waals surface area contributed by atoms with Crippen LogP contribution in [0, 0.1) is 5.92 Å². The summed E-state index contributed by atoms with van der Waals surface area (Å²) < 4.78 is 2.35. The summed E-state index contributed by atoms with van der Waals surface area (Å²) in [6.07, 6.45) is 6.68. The minimum absolute atomic E-state index is 0.120. The van der Waals surface area contributed by atoms with Crippen LogP contribution in [0.2, 0.25) is 0 Å². The van der Waals surface area contributed by atoms with Crippen molar-refractivity contribution in [3.63, 3.8) is 0 Å². The Balaban J connectivity index is 1.99. The SMILES string of the molecule is CC1CCCN(C(C)(C)CNC(=O)/C=C/c2cn(C)c(=O)n(C)c2=O)C1. The van der Waals surface area contributed by atoms with Crippen molar-refractivity contribution in [2.45, 2.75) is 39.2 Å². The first-order valence-corrected chi connectivity index (χ1v) is 9.09. The second-order valence-electron chi connectivity index (χ2n) is 7.90. The Hall–Kier alpha value is -2.15. The van der Waals surface area contributed by atoms with E-state index in [2.05, 4.69) is 31.0 Å². The monoisotopic (exact) mass is 362 g/mol. The van der Waals surface area contributed by atoms with Crippen molar-refractivity contribution >= 4 is 12.0 Å². The maximum Gasteiger partial charge on any atom is 0.330 e. The molecule has 0 saturated carbocycles. The lowest BCUT2D eigenvalue weighted by molar-refractivity contribution is -0.117. The molecule has 144 valence electrons. The van der Waals surface area contributed by atoms with Gasteiger partial charge in [0, 0.05) is 45.0 Å². The third kappa shape index (κ3) is 4.72. The number of aromatic nitrogens is 2. The highest BCUT2D eigenvalue weighted by molar-refractivity contribution is 5.91. The lowest BCUT2D eigenvalue weighted by Crippen LogP contribution is -2.54. The minimum Gasteiger partial charge on any atom is -0.351 e. The van der Waals surface area contributed by atoms with Crippen molar-refractivity contribution in [2.75, 3.05) is 19.6 Å². The normalized spacial score (nSPS) is 19.0. The molecule has 1 fully saturated rings. The van der Waals surface area contributed by atoms with E-state index in [0.717, 1.165) is 17.7 Å². The van der Waals surface area contributed by atoms with Gasteiger partial charge in [-0.15, -0.1) is 0 Å². The Morgan fingerprint density at radius 2 is 2.04 bits per heavy atom. The fourth-order valence-corrected chi connectivity index (χ4v) is 3.33. The molecule has 0 aromatic carbocycles. The summed E-state index contributed by atoms with van der Waals surface area (Å²) >= 11 is 0. The van der Waals surface area contributed by atoms with E-state index in [1.165, 1.54) is 42.8 Å². The fourth-order valence-electron chi connectivity index (χ4n) is 3.33. The fraction of sp³-hybridized carbons (Fsp3) is 0.632. The molecule has 0 bridgehead atoms. The Bertz CT molecular complexity index is 804. The molecule has 1 aromatic rings. The molecule has 0 spiro atoms. The van der Waals surface area contributed by atoms with E-state index >= 15 is 0 Å². The molecule has 1 aliphatic heterocycles. The summed E-state index contributed by atoms with van der Waals surface area (Å²) in [7, 11) is 2.99. The standard InChI is InChI=1S/C19H30N4O3/c1-14-7-6-10-23(11-14)19(2,3)13-20-16(24)9-8-15-12-21(4)18(26)22(5)17(15)25/h8-9,12,14H,6-7,10-11,13H2,1-5H3,(H,20,24)/b9-8+. The molecule has 1 unspecified atom stereocenters. The van der Waals surface area contributed by atoms with Crippen LogP contribution < -0.4 is 16.6 Å². The first kappa shape index (κ1) is 20.2. The zero-order valence-corrected chi connectivity index (χ0v) is 16.4. The molecule has 1 aliphatic rings. The van der Waals surface area contributed by atoms with Crippen LogP contribution in [0.1, 0.15) is 39.2 Å². The minimum atomic E-state index is -0.417. The number of likely N-dealkylation sites (tertiary alicyclic amines) is 1. The van der Waals surface area contributed by atoms with Gasteiger partial charge in [0.25, 0.3) is 5.56 Å². The van der Waals surface area contributed by atoms with E-state index in [-0.39, 0.29) is 11.4 Å². The van der Waals surface area contributed by atoms with Gasteiger partial charge in [-0.05, 0) is 45.2 Å². The summed E-state index contributed by atoms with van der Waals surface area (Å²) in [6, 6.07) is 0. The average Bonchev–Trinajstić information content (AvgIpc) is 2.60. The topological polar surface area (TPSA) is 76.3 Å². The summed E-state index contributed by atoms with van der Waals surface area (Å²) in [6.45, 7) is 9.17. The highest BCUT2D eigenvalue weighted by Gasteiger charge is 2.30. The third-order valence-electron chi connectivity index (χ3n) is 5.10.